The molecule has 0 aromatic heterocycles. The molecule has 0 aromatic rings. The topological polar surface area (TPSA) is 3.24 Å². The largest absolute Gasteiger partial charge is 0.302 e. The average Bonchev–Trinajstić information content (AvgIpc) is 1.67. The molecule has 1 heteroatoms. The summed E-state index contributed by atoms with van der Waals surface area (Å²) < 4.78 is 0. The van der Waals surface area contributed by atoms with Crippen molar-refractivity contribution in [2.75, 3.05) is 19.6 Å². The monoisotopic (exact) mass is 96.1 g/mol. The molecule has 3 aliphatic rings. The van der Waals surface area contributed by atoms with Crippen LogP contribution in [0.25, 0.3) is 0 Å². The molecule has 39 valence electrons. The second kappa shape index (κ2) is 1.22. The molecule has 2 bridgehead atoms. The molecule has 0 N–H and O–H groups in total. The molecule has 1 radical (unpaired) electrons. The van der Waals surface area contributed by atoms with E-state index in [1.54, 1.807) is 0 Å². The molecule has 3 aliphatic heterocycles. The number of hydrogen-bond donors (Lipinski definition) is 0. The van der Waals surface area contributed by atoms with Crippen LogP contribution in [0.3, 0.4) is 0 Å². The minimum atomic E-state index is 1.05. The van der Waals surface area contributed by atoms with Crippen molar-refractivity contribution in [2.24, 2.45) is 5.92 Å². The van der Waals surface area contributed by atoms with Crippen LogP contribution in [0.5, 0.6) is 0 Å². The summed E-state index contributed by atoms with van der Waals surface area (Å²) in [4.78, 5) is 2.48. The molecule has 3 fully saturated rings. The van der Waals surface area contributed by atoms with Gasteiger partial charge in [0.05, 0.1) is 0 Å². The lowest BCUT2D eigenvalue weighted by Gasteiger charge is -2.44. The second-order valence-electron chi connectivity index (χ2n) is 2.61. The summed E-state index contributed by atoms with van der Waals surface area (Å²) in [6.45, 7) is 4.03. The van der Waals surface area contributed by atoms with Crippen molar-refractivity contribution in [3.05, 3.63) is 6.42 Å². The summed E-state index contributed by atoms with van der Waals surface area (Å²) in [6.07, 6.45) is 3.77. The average molecular weight is 96.2 g/mol. The lowest BCUT2D eigenvalue weighted by atomic mass is 9.89. The van der Waals surface area contributed by atoms with Crippen molar-refractivity contribution in [3.63, 3.8) is 0 Å². The van der Waals surface area contributed by atoms with E-state index in [2.05, 4.69) is 11.3 Å². The summed E-state index contributed by atoms with van der Waals surface area (Å²) in [5.41, 5.74) is 0. The summed E-state index contributed by atoms with van der Waals surface area (Å²) in [5, 5.41) is 0. The number of nitrogens with zero attached hydrogens (tertiary/aromatic N) is 1. The molecular weight excluding hydrogens is 86.1 g/mol. The normalized spacial score (nSPS) is 48.0. The van der Waals surface area contributed by atoms with Crippen LogP contribution in [-0.4, -0.2) is 24.5 Å². The van der Waals surface area contributed by atoms with E-state index >= 15 is 0 Å². The molecule has 0 saturated carbocycles. The van der Waals surface area contributed by atoms with Crippen LogP contribution < -0.4 is 0 Å². The highest BCUT2D eigenvalue weighted by molar-refractivity contribution is 4.92. The van der Waals surface area contributed by atoms with Gasteiger partial charge in [0.15, 0.2) is 0 Å². The van der Waals surface area contributed by atoms with Crippen molar-refractivity contribution in [3.8, 4) is 0 Å². The predicted octanol–water partition coefficient (Wildman–Crippen LogP) is 0.526. The Labute approximate surface area is 44.3 Å². The maximum Gasteiger partial charge on any atom is 0.00222 e. The minimum Gasteiger partial charge on any atom is -0.302 e. The fraction of sp³-hybridized carbons (Fsp3) is 0.833. The van der Waals surface area contributed by atoms with Crippen LogP contribution in [-0.2, 0) is 0 Å². The van der Waals surface area contributed by atoms with E-state index in [4.69, 9.17) is 0 Å². The van der Waals surface area contributed by atoms with Crippen molar-refractivity contribution in [2.45, 2.75) is 6.42 Å². The van der Waals surface area contributed by atoms with Gasteiger partial charge in [0, 0.05) is 19.6 Å². The molecule has 1 nitrogen and oxygen atoms in total. The SMILES string of the molecule is [CH]1CC2CN(C1)C2. The Morgan fingerprint density at radius 1 is 1.43 bits per heavy atom. The lowest BCUT2D eigenvalue weighted by Crippen LogP contribution is -2.51. The van der Waals surface area contributed by atoms with Gasteiger partial charge in [-0.3, -0.25) is 0 Å². The van der Waals surface area contributed by atoms with Crippen LogP contribution in [0.2, 0.25) is 0 Å². The first-order valence-electron chi connectivity index (χ1n) is 2.99. The third kappa shape index (κ3) is 0.480. The Bertz CT molecular complexity index is 60.7. The van der Waals surface area contributed by atoms with Gasteiger partial charge in [-0.15, -0.1) is 0 Å². The van der Waals surface area contributed by atoms with Crippen molar-refractivity contribution in [1.29, 1.82) is 0 Å². The second-order valence-corrected chi connectivity index (χ2v) is 2.61. The fourth-order valence-electron chi connectivity index (χ4n) is 1.47. The Hall–Kier alpha value is -0.0400. The molecule has 0 aliphatic carbocycles. The first-order valence-corrected chi connectivity index (χ1v) is 2.99. The van der Waals surface area contributed by atoms with E-state index in [0.29, 0.717) is 0 Å². The Morgan fingerprint density at radius 2 is 2.29 bits per heavy atom. The maximum atomic E-state index is 2.48. The molecule has 0 aromatic carbocycles. The van der Waals surface area contributed by atoms with Crippen LogP contribution in [0.15, 0.2) is 0 Å². The van der Waals surface area contributed by atoms with E-state index in [0.717, 1.165) is 5.92 Å². The molecule has 0 spiro atoms. The van der Waals surface area contributed by atoms with Crippen molar-refractivity contribution < 1.29 is 0 Å². The zero-order valence-corrected chi connectivity index (χ0v) is 4.43. The third-order valence-electron chi connectivity index (χ3n) is 1.92. The van der Waals surface area contributed by atoms with Gasteiger partial charge < -0.3 is 4.90 Å². The van der Waals surface area contributed by atoms with Crippen LogP contribution in [0.4, 0.5) is 0 Å². The molecule has 0 atom stereocenters. The van der Waals surface area contributed by atoms with Crippen molar-refractivity contribution in [1.82, 2.24) is 4.90 Å². The van der Waals surface area contributed by atoms with Gasteiger partial charge in [0.2, 0.25) is 0 Å². The summed E-state index contributed by atoms with van der Waals surface area (Å²) in [7, 11) is 0. The third-order valence-corrected chi connectivity index (χ3v) is 1.92. The van der Waals surface area contributed by atoms with E-state index in [1.807, 2.05) is 0 Å². The number of piperidine rings is 2. The molecule has 3 saturated heterocycles. The Kier molecular flexibility index (Phi) is 0.680. The zero-order chi connectivity index (χ0) is 4.69. The molecular formula is C6H10N. The molecule has 3 rings (SSSR count). The van der Waals surface area contributed by atoms with Crippen LogP contribution in [0, 0.1) is 12.3 Å². The first kappa shape index (κ1) is 3.90. The molecule has 3 heterocycles. The summed E-state index contributed by atoms with van der Waals surface area (Å²) in [5.74, 6) is 1.05. The highest BCUT2D eigenvalue weighted by Crippen LogP contribution is 2.25. The number of hydrogen-bond acceptors (Lipinski definition) is 1. The summed E-state index contributed by atoms with van der Waals surface area (Å²) >= 11 is 0. The number of rotatable bonds is 0. The van der Waals surface area contributed by atoms with Crippen LogP contribution >= 0.6 is 0 Å². The Balaban J connectivity index is 1.99. The number of fused-ring (bicyclic) bond motifs is 2. The highest BCUT2D eigenvalue weighted by Gasteiger charge is 2.29. The van der Waals surface area contributed by atoms with E-state index in [-0.39, 0.29) is 0 Å². The zero-order valence-electron chi connectivity index (χ0n) is 4.43. The standard InChI is InChI=1S/C6H10N/c1-2-6-4-7(3-1)5-6/h1,6H,2-5H2. The summed E-state index contributed by atoms with van der Waals surface area (Å²) in [6, 6.07) is 0. The van der Waals surface area contributed by atoms with Crippen LogP contribution in [0.1, 0.15) is 6.42 Å². The fourth-order valence-corrected chi connectivity index (χ4v) is 1.47. The first-order chi connectivity index (χ1) is 3.45. The Morgan fingerprint density at radius 3 is 2.43 bits per heavy atom. The smallest absolute Gasteiger partial charge is 0.00222 e. The van der Waals surface area contributed by atoms with Crippen molar-refractivity contribution >= 4 is 0 Å². The minimum absolute atomic E-state index is 1.05. The highest BCUT2D eigenvalue weighted by atomic mass is 15.2. The molecule has 0 unspecified atom stereocenters. The van der Waals surface area contributed by atoms with E-state index in [9.17, 15) is 0 Å². The van der Waals surface area contributed by atoms with Gasteiger partial charge in [-0.25, -0.2) is 0 Å². The van der Waals surface area contributed by atoms with Gasteiger partial charge >= 0.3 is 0 Å². The van der Waals surface area contributed by atoms with Gasteiger partial charge in [-0.05, 0) is 18.8 Å². The lowest BCUT2D eigenvalue weighted by molar-refractivity contribution is 0.0769. The van der Waals surface area contributed by atoms with Gasteiger partial charge in [0.25, 0.3) is 0 Å². The van der Waals surface area contributed by atoms with E-state index < -0.39 is 0 Å². The maximum absolute atomic E-state index is 2.48. The van der Waals surface area contributed by atoms with E-state index in [1.165, 1.54) is 26.1 Å². The quantitative estimate of drug-likeness (QED) is 0.425. The van der Waals surface area contributed by atoms with Gasteiger partial charge in [-0.2, -0.15) is 0 Å². The molecule has 0 amide bonds. The predicted molar refractivity (Wildman–Crippen MR) is 28.8 cm³/mol. The molecule has 7 heavy (non-hydrogen) atoms. The van der Waals surface area contributed by atoms with Gasteiger partial charge in [0.1, 0.15) is 0 Å². The van der Waals surface area contributed by atoms with Gasteiger partial charge in [-0.1, -0.05) is 0 Å².